The summed E-state index contributed by atoms with van der Waals surface area (Å²) < 4.78 is 37.7. The normalized spacial score (nSPS) is 14.7. The van der Waals surface area contributed by atoms with Crippen molar-refractivity contribution >= 4 is 35.8 Å². The third kappa shape index (κ3) is 7.94. The van der Waals surface area contributed by atoms with Gasteiger partial charge in [0, 0.05) is 32.6 Å². The van der Waals surface area contributed by atoms with E-state index in [1.165, 1.54) is 12.1 Å². The average molecular weight is 498 g/mol. The van der Waals surface area contributed by atoms with E-state index in [9.17, 15) is 18.0 Å². The maximum Gasteiger partial charge on any atom is 0.416 e. The van der Waals surface area contributed by atoms with Crippen molar-refractivity contribution in [3.63, 3.8) is 0 Å². The first-order valence-electron chi connectivity index (χ1n) is 8.86. The zero-order valence-electron chi connectivity index (χ0n) is 15.3. The van der Waals surface area contributed by atoms with Gasteiger partial charge in [0.2, 0.25) is 5.91 Å². The zero-order valence-corrected chi connectivity index (χ0v) is 17.6. The van der Waals surface area contributed by atoms with E-state index in [1.54, 1.807) is 0 Å². The van der Waals surface area contributed by atoms with Gasteiger partial charge in [-0.2, -0.15) is 13.2 Å². The highest BCUT2D eigenvalue weighted by molar-refractivity contribution is 14.0. The standard InChI is InChI=1S/C18H25F3N4O.HI/c1-2-22-17(23-10-9-16(26)25-11-3-4-12-25)24-13-14-5-7-15(8-6-14)18(19,20)21;/h5-8H,2-4,9-13H2,1H3,(H2,22,23,24);1H. The highest BCUT2D eigenvalue weighted by Crippen LogP contribution is 2.29. The second-order valence-electron chi connectivity index (χ2n) is 6.15. The summed E-state index contributed by atoms with van der Waals surface area (Å²) >= 11 is 0. The zero-order chi connectivity index (χ0) is 19.0. The number of aliphatic imine (C=N–C) groups is 1. The quantitative estimate of drug-likeness (QED) is 0.359. The Kier molecular flexibility index (Phi) is 9.89. The van der Waals surface area contributed by atoms with Crippen LogP contribution in [0.15, 0.2) is 29.3 Å². The van der Waals surface area contributed by atoms with E-state index in [4.69, 9.17) is 0 Å². The fraction of sp³-hybridized carbons (Fsp3) is 0.556. The van der Waals surface area contributed by atoms with Crippen LogP contribution < -0.4 is 10.6 Å². The van der Waals surface area contributed by atoms with Gasteiger partial charge in [-0.05, 0) is 37.5 Å². The maximum atomic E-state index is 12.6. The predicted octanol–water partition coefficient (Wildman–Crippen LogP) is 3.39. The monoisotopic (exact) mass is 498 g/mol. The Morgan fingerprint density at radius 2 is 1.78 bits per heavy atom. The van der Waals surface area contributed by atoms with Gasteiger partial charge in [0.1, 0.15) is 0 Å². The molecule has 0 saturated carbocycles. The number of alkyl halides is 3. The summed E-state index contributed by atoms with van der Waals surface area (Å²) in [6.07, 6.45) is -1.81. The van der Waals surface area contributed by atoms with Crippen LogP contribution in [0.3, 0.4) is 0 Å². The number of hydrogen-bond donors (Lipinski definition) is 2. The highest BCUT2D eigenvalue weighted by Gasteiger charge is 2.29. The molecule has 1 saturated heterocycles. The van der Waals surface area contributed by atoms with Gasteiger partial charge in [0.15, 0.2) is 5.96 Å². The van der Waals surface area contributed by atoms with Crippen LogP contribution in [0.2, 0.25) is 0 Å². The average Bonchev–Trinajstić information content (AvgIpc) is 3.14. The van der Waals surface area contributed by atoms with Gasteiger partial charge >= 0.3 is 6.18 Å². The Morgan fingerprint density at radius 3 is 2.33 bits per heavy atom. The van der Waals surface area contributed by atoms with Crippen molar-refractivity contribution in [2.24, 2.45) is 4.99 Å². The van der Waals surface area contributed by atoms with Crippen LogP contribution in [0, 0.1) is 0 Å². The number of nitrogens with zero attached hydrogens (tertiary/aromatic N) is 2. The van der Waals surface area contributed by atoms with Gasteiger partial charge in [-0.15, -0.1) is 24.0 Å². The lowest BCUT2D eigenvalue weighted by Gasteiger charge is -2.16. The number of amides is 1. The Bertz CT molecular complexity index is 614. The summed E-state index contributed by atoms with van der Waals surface area (Å²) in [5.41, 5.74) is 0.0130. The van der Waals surface area contributed by atoms with Gasteiger partial charge in [-0.25, -0.2) is 4.99 Å². The number of halogens is 4. The molecule has 2 N–H and O–H groups in total. The van der Waals surface area contributed by atoms with E-state index in [1.807, 2.05) is 11.8 Å². The van der Waals surface area contributed by atoms with Crippen molar-refractivity contribution < 1.29 is 18.0 Å². The molecule has 1 aliphatic rings. The van der Waals surface area contributed by atoms with Crippen molar-refractivity contribution in [1.29, 1.82) is 0 Å². The molecular weight excluding hydrogens is 472 g/mol. The number of nitrogens with one attached hydrogen (secondary N) is 2. The summed E-state index contributed by atoms with van der Waals surface area (Å²) in [6.45, 7) is 4.97. The molecule has 152 valence electrons. The van der Waals surface area contributed by atoms with Gasteiger partial charge in [-0.1, -0.05) is 12.1 Å². The van der Waals surface area contributed by atoms with E-state index >= 15 is 0 Å². The van der Waals surface area contributed by atoms with Crippen LogP contribution in [0.25, 0.3) is 0 Å². The van der Waals surface area contributed by atoms with Crippen LogP contribution >= 0.6 is 24.0 Å². The molecule has 27 heavy (non-hydrogen) atoms. The summed E-state index contributed by atoms with van der Waals surface area (Å²) in [5, 5.41) is 6.16. The van der Waals surface area contributed by atoms with Crippen molar-refractivity contribution in [3.05, 3.63) is 35.4 Å². The SMILES string of the molecule is CCNC(=NCc1ccc(C(F)(F)F)cc1)NCCC(=O)N1CCCC1.I. The molecular formula is C18H26F3IN4O. The Hall–Kier alpha value is -1.52. The fourth-order valence-corrected chi connectivity index (χ4v) is 2.72. The molecule has 2 rings (SSSR count). The molecule has 0 radical (unpaired) electrons. The first-order chi connectivity index (χ1) is 12.4. The van der Waals surface area contributed by atoms with E-state index in [2.05, 4.69) is 15.6 Å². The maximum absolute atomic E-state index is 12.6. The minimum Gasteiger partial charge on any atom is -0.357 e. The number of hydrogen-bond acceptors (Lipinski definition) is 2. The minimum atomic E-state index is -4.33. The van der Waals surface area contributed by atoms with Gasteiger partial charge < -0.3 is 15.5 Å². The summed E-state index contributed by atoms with van der Waals surface area (Å²) in [7, 11) is 0. The third-order valence-electron chi connectivity index (χ3n) is 4.14. The first kappa shape index (κ1) is 23.5. The lowest BCUT2D eigenvalue weighted by atomic mass is 10.1. The Balaban J connectivity index is 0.00000364. The molecule has 0 bridgehead atoms. The van der Waals surface area contributed by atoms with Crippen LogP contribution in [-0.2, 0) is 17.5 Å². The first-order valence-corrected chi connectivity index (χ1v) is 8.86. The van der Waals surface area contributed by atoms with E-state index in [0.717, 1.165) is 38.1 Å². The second-order valence-corrected chi connectivity index (χ2v) is 6.15. The molecule has 1 aromatic carbocycles. The summed E-state index contributed by atoms with van der Waals surface area (Å²) in [5.74, 6) is 0.676. The number of carbonyl (C=O) groups excluding carboxylic acids is 1. The van der Waals surface area contributed by atoms with Crippen molar-refractivity contribution in [1.82, 2.24) is 15.5 Å². The Labute approximate surface area is 174 Å². The predicted molar refractivity (Wildman–Crippen MR) is 110 cm³/mol. The second kappa shape index (κ2) is 11.4. The van der Waals surface area contributed by atoms with Gasteiger partial charge in [-0.3, -0.25) is 4.79 Å². The number of likely N-dealkylation sites (tertiary alicyclic amines) is 1. The minimum absolute atomic E-state index is 0. The smallest absolute Gasteiger partial charge is 0.357 e. The van der Waals surface area contributed by atoms with Crippen LogP contribution in [-0.4, -0.2) is 42.9 Å². The van der Waals surface area contributed by atoms with Crippen LogP contribution in [0.4, 0.5) is 13.2 Å². The molecule has 0 aromatic heterocycles. The topological polar surface area (TPSA) is 56.7 Å². The molecule has 0 spiro atoms. The van der Waals surface area contributed by atoms with E-state index in [-0.39, 0.29) is 36.4 Å². The van der Waals surface area contributed by atoms with Crippen molar-refractivity contribution in [2.45, 2.75) is 38.9 Å². The molecule has 1 fully saturated rings. The molecule has 0 unspecified atom stereocenters. The van der Waals surface area contributed by atoms with Crippen molar-refractivity contribution in [3.8, 4) is 0 Å². The van der Waals surface area contributed by atoms with Gasteiger partial charge in [0.05, 0.1) is 12.1 Å². The van der Waals surface area contributed by atoms with Crippen LogP contribution in [0.1, 0.15) is 37.3 Å². The number of benzene rings is 1. The molecule has 1 aliphatic heterocycles. The molecule has 1 heterocycles. The molecule has 9 heteroatoms. The highest BCUT2D eigenvalue weighted by atomic mass is 127. The van der Waals surface area contributed by atoms with E-state index < -0.39 is 11.7 Å². The Morgan fingerprint density at radius 1 is 1.15 bits per heavy atom. The number of rotatable bonds is 6. The molecule has 1 aromatic rings. The van der Waals surface area contributed by atoms with Crippen LogP contribution in [0.5, 0.6) is 0 Å². The molecule has 1 amide bonds. The largest absolute Gasteiger partial charge is 0.416 e. The third-order valence-corrected chi connectivity index (χ3v) is 4.14. The summed E-state index contributed by atoms with van der Waals surface area (Å²) in [6, 6.07) is 4.96. The fourth-order valence-electron chi connectivity index (χ4n) is 2.72. The number of carbonyl (C=O) groups is 1. The molecule has 5 nitrogen and oxygen atoms in total. The molecule has 0 aliphatic carbocycles. The lowest BCUT2D eigenvalue weighted by molar-refractivity contribution is -0.137. The summed E-state index contributed by atoms with van der Waals surface area (Å²) in [4.78, 5) is 18.2. The van der Waals surface area contributed by atoms with E-state index in [0.29, 0.717) is 31.0 Å². The molecule has 0 atom stereocenters. The number of guanidine groups is 1. The lowest BCUT2D eigenvalue weighted by Crippen LogP contribution is -2.39. The van der Waals surface area contributed by atoms with Crippen molar-refractivity contribution in [2.75, 3.05) is 26.2 Å². The van der Waals surface area contributed by atoms with Gasteiger partial charge in [0.25, 0.3) is 0 Å².